The fourth-order valence-corrected chi connectivity index (χ4v) is 2.32. The number of aryl methyl sites for hydroxylation is 2. The number of hydrogen-bond acceptors (Lipinski definition) is 2. The Morgan fingerprint density at radius 3 is 2.54 bits per heavy atom. The number of halogens is 2. The van der Waals surface area contributed by atoms with Gasteiger partial charge in [0.1, 0.15) is 0 Å². The van der Waals surface area contributed by atoms with E-state index < -0.39 is 17.5 Å². The molecule has 0 fully saturated rings. The molecule has 0 heterocycles. The first kappa shape index (κ1) is 17.8. The Morgan fingerprint density at radius 2 is 1.88 bits per heavy atom. The summed E-state index contributed by atoms with van der Waals surface area (Å²) in [6, 6.07) is 8.78. The van der Waals surface area contributed by atoms with Crippen molar-refractivity contribution in [2.75, 3.05) is 5.32 Å². The number of anilines is 1. The van der Waals surface area contributed by atoms with Crippen LogP contribution in [0.5, 0.6) is 0 Å². The van der Waals surface area contributed by atoms with E-state index in [1.165, 1.54) is 6.07 Å². The van der Waals surface area contributed by atoms with Crippen molar-refractivity contribution < 1.29 is 13.6 Å². The van der Waals surface area contributed by atoms with Crippen LogP contribution in [0.3, 0.4) is 0 Å². The summed E-state index contributed by atoms with van der Waals surface area (Å²) >= 11 is 5.15. The van der Waals surface area contributed by atoms with Crippen LogP contribution in [0.25, 0.3) is 0 Å². The molecular formula is C17H17F2N3OS. The summed E-state index contributed by atoms with van der Waals surface area (Å²) in [7, 11) is 0. The van der Waals surface area contributed by atoms with Crippen molar-refractivity contribution in [1.29, 1.82) is 0 Å². The van der Waals surface area contributed by atoms with Crippen LogP contribution < -0.4 is 16.2 Å². The van der Waals surface area contributed by atoms with Gasteiger partial charge in [0, 0.05) is 11.3 Å². The Kier molecular flexibility index (Phi) is 5.81. The number of para-hydroxylation sites is 1. The molecule has 1 amide bonds. The van der Waals surface area contributed by atoms with E-state index in [1.807, 2.05) is 32.0 Å². The molecule has 0 aromatic heterocycles. The van der Waals surface area contributed by atoms with Crippen LogP contribution in [0.15, 0.2) is 36.4 Å². The number of nitrogens with one attached hydrogen (secondary N) is 3. The average molecular weight is 349 g/mol. The molecule has 7 heteroatoms. The van der Waals surface area contributed by atoms with Gasteiger partial charge in [-0.15, -0.1) is 0 Å². The van der Waals surface area contributed by atoms with Crippen LogP contribution in [-0.2, 0) is 6.42 Å². The van der Waals surface area contributed by atoms with E-state index in [9.17, 15) is 13.6 Å². The Labute approximate surface area is 144 Å². The summed E-state index contributed by atoms with van der Waals surface area (Å²) in [5, 5.41) is 3.22. The molecule has 0 aliphatic carbocycles. The first-order valence-corrected chi connectivity index (χ1v) is 7.74. The van der Waals surface area contributed by atoms with E-state index >= 15 is 0 Å². The van der Waals surface area contributed by atoms with Gasteiger partial charge < -0.3 is 5.32 Å². The third-order valence-electron chi connectivity index (χ3n) is 3.45. The highest BCUT2D eigenvalue weighted by Gasteiger charge is 2.11. The Balaban J connectivity index is 1.98. The lowest BCUT2D eigenvalue weighted by molar-refractivity contribution is 0.0943. The highest BCUT2D eigenvalue weighted by atomic mass is 32.1. The van der Waals surface area contributed by atoms with Gasteiger partial charge in [-0.25, -0.2) is 8.78 Å². The minimum absolute atomic E-state index is 0.0191. The fourth-order valence-electron chi connectivity index (χ4n) is 2.17. The summed E-state index contributed by atoms with van der Waals surface area (Å²) in [6.07, 6.45) is 0.827. The molecule has 0 bridgehead atoms. The SMILES string of the molecule is CCc1cccc(C)c1NC(=S)NNC(=O)c1ccc(F)c(F)c1. The van der Waals surface area contributed by atoms with Crippen molar-refractivity contribution in [3.05, 3.63) is 64.7 Å². The van der Waals surface area contributed by atoms with Gasteiger partial charge >= 0.3 is 0 Å². The smallest absolute Gasteiger partial charge is 0.269 e. The van der Waals surface area contributed by atoms with Crippen LogP contribution in [0.4, 0.5) is 14.5 Å². The topological polar surface area (TPSA) is 53.2 Å². The molecule has 0 saturated heterocycles. The maximum Gasteiger partial charge on any atom is 0.269 e. The van der Waals surface area contributed by atoms with E-state index in [1.54, 1.807) is 0 Å². The van der Waals surface area contributed by atoms with Crippen molar-refractivity contribution in [3.8, 4) is 0 Å². The molecule has 0 aliphatic rings. The van der Waals surface area contributed by atoms with Gasteiger partial charge in [-0.2, -0.15) is 0 Å². The molecule has 2 aromatic carbocycles. The van der Waals surface area contributed by atoms with Crippen molar-refractivity contribution in [2.24, 2.45) is 0 Å². The van der Waals surface area contributed by atoms with Crippen LogP contribution in [0.2, 0.25) is 0 Å². The Hall–Kier alpha value is -2.54. The van der Waals surface area contributed by atoms with Gasteiger partial charge in [0.25, 0.3) is 5.91 Å². The molecule has 2 aromatic rings. The fraction of sp³-hybridized carbons (Fsp3) is 0.176. The van der Waals surface area contributed by atoms with Crippen molar-refractivity contribution in [1.82, 2.24) is 10.9 Å². The van der Waals surface area contributed by atoms with E-state index in [-0.39, 0.29) is 10.7 Å². The molecule has 0 saturated carbocycles. The van der Waals surface area contributed by atoms with Gasteiger partial charge in [0.05, 0.1) is 0 Å². The third kappa shape index (κ3) is 4.26. The largest absolute Gasteiger partial charge is 0.331 e. The molecule has 0 unspecified atom stereocenters. The quantitative estimate of drug-likeness (QED) is 0.587. The number of carbonyl (C=O) groups is 1. The van der Waals surface area contributed by atoms with Gasteiger partial charge in [0.15, 0.2) is 16.7 Å². The van der Waals surface area contributed by atoms with E-state index in [4.69, 9.17) is 12.2 Å². The molecule has 0 atom stereocenters. The number of amides is 1. The maximum absolute atomic E-state index is 13.1. The number of hydrazine groups is 1. The van der Waals surface area contributed by atoms with E-state index in [0.29, 0.717) is 0 Å². The summed E-state index contributed by atoms with van der Waals surface area (Å²) in [4.78, 5) is 11.9. The van der Waals surface area contributed by atoms with Crippen LogP contribution in [0, 0.1) is 18.6 Å². The predicted octanol–water partition coefficient (Wildman–Crippen LogP) is 3.47. The molecular weight excluding hydrogens is 332 g/mol. The molecule has 24 heavy (non-hydrogen) atoms. The molecule has 0 spiro atoms. The Bertz CT molecular complexity index is 780. The first-order chi connectivity index (χ1) is 11.4. The molecule has 126 valence electrons. The van der Waals surface area contributed by atoms with Gasteiger partial charge in [-0.3, -0.25) is 15.6 Å². The molecule has 0 aliphatic heterocycles. The number of carbonyl (C=O) groups excluding carboxylic acids is 1. The van der Waals surface area contributed by atoms with E-state index in [0.717, 1.165) is 35.4 Å². The minimum atomic E-state index is -1.09. The number of hydrogen-bond donors (Lipinski definition) is 3. The molecule has 4 nitrogen and oxygen atoms in total. The lowest BCUT2D eigenvalue weighted by atomic mass is 10.1. The van der Waals surface area contributed by atoms with Crippen LogP contribution in [0.1, 0.15) is 28.4 Å². The monoisotopic (exact) mass is 349 g/mol. The average Bonchev–Trinajstić information content (AvgIpc) is 2.57. The van der Waals surface area contributed by atoms with Crippen LogP contribution >= 0.6 is 12.2 Å². The van der Waals surface area contributed by atoms with E-state index in [2.05, 4.69) is 16.2 Å². The second-order valence-corrected chi connectivity index (χ2v) is 5.53. The molecule has 0 radical (unpaired) electrons. The zero-order chi connectivity index (χ0) is 17.7. The zero-order valence-electron chi connectivity index (χ0n) is 13.2. The number of benzene rings is 2. The summed E-state index contributed by atoms with van der Waals surface area (Å²) < 4.78 is 26.0. The van der Waals surface area contributed by atoms with Gasteiger partial charge in [-0.05, 0) is 54.9 Å². The second kappa shape index (κ2) is 7.83. The van der Waals surface area contributed by atoms with Gasteiger partial charge in [-0.1, -0.05) is 25.1 Å². The second-order valence-electron chi connectivity index (χ2n) is 5.12. The third-order valence-corrected chi connectivity index (χ3v) is 3.65. The normalized spacial score (nSPS) is 10.2. The lowest BCUT2D eigenvalue weighted by Gasteiger charge is -2.16. The lowest BCUT2D eigenvalue weighted by Crippen LogP contribution is -2.44. The van der Waals surface area contributed by atoms with Crippen molar-refractivity contribution in [3.63, 3.8) is 0 Å². The molecule has 3 N–H and O–H groups in total. The highest BCUT2D eigenvalue weighted by molar-refractivity contribution is 7.80. The number of rotatable bonds is 3. The minimum Gasteiger partial charge on any atom is -0.331 e. The summed E-state index contributed by atoms with van der Waals surface area (Å²) in [5.41, 5.74) is 7.85. The highest BCUT2D eigenvalue weighted by Crippen LogP contribution is 2.20. The summed E-state index contributed by atoms with van der Waals surface area (Å²) in [6.45, 7) is 3.98. The van der Waals surface area contributed by atoms with Crippen LogP contribution in [-0.4, -0.2) is 11.0 Å². The predicted molar refractivity (Wildman–Crippen MR) is 93.7 cm³/mol. The Morgan fingerprint density at radius 1 is 1.12 bits per heavy atom. The standard InChI is InChI=1S/C17H17F2N3OS/c1-3-11-6-4-5-10(2)15(11)20-17(24)22-21-16(23)12-7-8-13(18)14(19)9-12/h4-9H,3H2,1-2H3,(H,21,23)(H2,20,22,24). The maximum atomic E-state index is 13.1. The first-order valence-electron chi connectivity index (χ1n) is 7.33. The molecule has 2 rings (SSSR count). The summed E-state index contributed by atoms with van der Waals surface area (Å²) in [5.74, 6) is -2.72. The van der Waals surface area contributed by atoms with Gasteiger partial charge in [0.2, 0.25) is 0 Å². The number of thiocarbonyl (C=S) groups is 1. The van der Waals surface area contributed by atoms with Crippen molar-refractivity contribution >= 4 is 28.9 Å². The van der Waals surface area contributed by atoms with Crippen molar-refractivity contribution in [2.45, 2.75) is 20.3 Å². The zero-order valence-corrected chi connectivity index (χ0v) is 14.1.